The van der Waals surface area contributed by atoms with E-state index in [1.807, 2.05) is 13.8 Å². The fraction of sp³-hybridized carbons (Fsp3) is 0.857. The monoisotopic (exact) mass is 208 g/mol. The molecule has 0 aromatic rings. The largest absolute Gasteiger partial charge is 0.691 e. The zero-order valence-corrected chi connectivity index (χ0v) is 8.77. The van der Waals surface area contributed by atoms with E-state index >= 15 is 0 Å². The Morgan fingerprint density at radius 1 is 1.62 bits per heavy atom. The molecule has 1 amide bonds. The molecule has 0 unspecified atom stereocenters. The summed E-state index contributed by atoms with van der Waals surface area (Å²) >= 11 is 0.863. The molecular weight excluding hydrogens is 194 g/mol. The molecule has 0 aliphatic heterocycles. The first kappa shape index (κ1) is 12.7. The Labute approximate surface area is 81.9 Å². The first-order chi connectivity index (χ1) is 6.02. The average Bonchev–Trinajstić information content (AvgIpc) is 2.03. The molecule has 5 nitrogen and oxygen atoms in total. The Hall–Kier alpha value is -0.300. The van der Waals surface area contributed by atoms with E-state index < -0.39 is 5.54 Å². The Morgan fingerprint density at radius 3 is 2.69 bits per heavy atom. The quantitative estimate of drug-likeness (QED) is 0.291. The average molecular weight is 208 g/mol. The minimum atomic E-state index is -0.406. The Balaban J connectivity index is 3.72. The molecule has 0 bridgehead atoms. The smallest absolute Gasteiger partial charge is 0.220 e. The van der Waals surface area contributed by atoms with Crippen molar-refractivity contribution in [3.05, 3.63) is 0 Å². The highest BCUT2D eigenvalue weighted by Gasteiger charge is 2.19. The highest BCUT2D eigenvalue weighted by atomic mass is 32.2. The van der Waals surface area contributed by atoms with Crippen LogP contribution in [0, 0.1) is 0 Å². The number of carbonyl (C=O) groups excluding carboxylic acids is 1. The van der Waals surface area contributed by atoms with Gasteiger partial charge in [-0.2, -0.15) is 4.33 Å². The number of hydrogen-bond donors (Lipinski definition) is 1. The van der Waals surface area contributed by atoms with Crippen LogP contribution in [-0.4, -0.2) is 17.2 Å². The van der Waals surface area contributed by atoms with Crippen LogP contribution in [0.4, 0.5) is 0 Å². The maximum atomic E-state index is 11.0. The summed E-state index contributed by atoms with van der Waals surface area (Å²) in [6, 6.07) is 0. The summed E-state index contributed by atoms with van der Waals surface area (Å²) in [5.74, 6) is 0.412. The van der Waals surface area contributed by atoms with Gasteiger partial charge in [-0.1, -0.05) is 6.92 Å². The van der Waals surface area contributed by atoms with E-state index in [0.29, 0.717) is 12.2 Å². The van der Waals surface area contributed by atoms with Crippen LogP contribution in [0.5, 0.6) is 0 Å². The van der Waals surface area contributed by atoms with Crippen LogP contribution >= 0.6 is 12.0 Å². The van der Waals surface area contributed by atoms with Gasteiger partial charge < -0.3 is 10.6 Å². The topological polar surface area (TPSA) is 70.6 Å². The molecule has 0 spiro atoms. The summed E-state index contributed by atoms with van der Waals surface area (Å²) < 4.78 is 4.09. The highest BCUT2D eigenvalue weighted by Crippen LogP contribution is 2.13. The second kappa shape index (κ2) is 6.20. The molecule has 78 valence electrons. The predicted molar refractivity (Wildman–Crippen MR) is 47.1 cm³/mol. The van der Waals surface area contributed by atoms with Gasteiger partial charge in [0.2, 0.25) is 5.91 Å². The minimum absolute atomic E-state index is 0.0337. The zero-order chi connectivity index (χ0) is 10.3. The van der Waals surface area contributed by atoms with E-state index in [0.717, 1.165) is 12.0 Å². The number of carbonyl (C=O) groups is 1. The molecule has 0 aromatic heterocycles. The van der Waals surface area contributed by atoms with E-state index in [1.54, 1.807) is 6.92 Å². The van der Waals surface area contributed by atoms with Gasteiger partial charge in [0.05, 0.1) is 0 Å². The Morgan fingerprint density at radius 2 is 2.23 bits per heavy atom. The number of nitrogens with one attached hydrogen (secondary N) is 1. The van der Waals surface area contributed by atoms with E-state index in [2.05, 4.69) is 14.7 Å². The first-order valence-electron chi connectivity index (χ1n) is 3.91. The molecule has 0 saturated heterocycles. The summed E-state index contributed by atoms with van der Waals surface area (Å²) in [4.78, 5) is 11.0. The third kappa shape index (κ3) is 6.83. The molecule has 0 saturated carbocycles. The van der Waals surface area contributed by atoms with Crippen molar-refractivity contribution in [1.82, 2.24) is 5.32 Å². The van der Waals surface area contributed by atoms with E-state index in [9.17, 15) is 10.1 Å². The molecule has 0 heterocycles. The molecule has 0 aromatic carbocycles. The van der Waals surface area contributed by atoms with Crippen molar-refractivity contribution in [2.24, 2.45) is 0 Å². The first-order valence-corrected chi connectivity index (χ1v) is 4.82. The van der Waals surface area contributed by atoms with Gasteiger partial charge in [-0.3, -0.25) is 9.83 Å². The lowest BCUT2D eigenvalue weighted by Gasteiger charge is -2.24. The molecular formula is C7H14NO4S-. The van der Waals surface area contributed by atoms with E-state index in [4.69, 9.17) is 0 Å². The molecule has 0 aliphatic carbocycles. The molecule has 1 N–H and O–H groups in total. The normalized spacial score (nSPS) is 11.4. The third-order valence-electron chi connectivity index (χ3n) is 1.29. The van der Waals surface area contributed by atoms with Crippen LogP contribution in [0.2, 0.25) is 0 Å². The third-order valence-corrected chi connectivity index (χ3v) is 2.29. The van der Waals surface area contributed by atoms with Crippen LogP contribution in [0.25, 0.3) is 0 Å². The molecule has 0 fully saturated rings. The lowest BCUT2D eigenvalue weighted by molar-refractivity contribution is -0.777. The Kier molecular flexibility index (Phi) is 6.06. The number of rotatable bonds is 6. The molecule has 13 heavy (non-hydrogen) atoms. The number of amides is 1. The van der Waals surface area contributed by atoms with E-state index in [-0.39, 0.29) is 5.91 Å². The van der Waals surface area contributed by atoms with Gasteiger partial charge in [0.25, 0.3) is 0 Å². The lowest BCUT2D eigenvalue weighted by atomic mass is 10.1. The zero-order valence-electron chi connectivity index (χ0n) is 7.96. The van der Waals surface area contributed by atoms with Crippen LogP contribution in [0.3, 0.4) is 0 Å². The summed E-state index contributed by atoms with van der Waals surface area (Å²) in [5, 5.41) is 15.4. The summed E-state index contributed by atoms with van der Waals surface area (Å²) in [5.41, 5.74) is -0.406. The maximum Gasteiger partial charge on any atom is 0.220 e. The van der Waals surface area contributed by atoms with Gasteiger partial charge in [-0.25, -0.2) is 0 Å². The van der Waals surface area contributed by atoms with Crippen molar-refractivity contribution < 1.29 is 19.4 Å². The standard InChI is InChI=1S/C7H15NO4S/c1-4-6(9)8-7(2,3)5-13-12-11-10/h10H,4-5H2,1-3H3,(H,8,9)/p-1. The Bertz CT molecular complexity index is 163. The second-order valence-corrected chi connectivity index (χ2v) is 3.84. The van der Waals surface area contributed by atoms with E-state index in [1.165, 1.54) is 0 Å². The van der Waals surface area contributed by atoms with Crippen molar-refractivity contribution in [1.29, 1.82) is 0 Å². The minimum Gasteiger partial charge on any atom is -0.691 e. The van der Waals surface area contributed by atoms with Gasteiger partial charge in [-0.05, 0) is 13.8 Å². The summed E-state index contributed by atoms with van der Waals surface area (Å²) in [7, 11) is 0. The highest BCUT2D eigenvalue weighted by molar-refractivity contribution is 7.94. The van der Waals surface area contributed by atoms with Gasteiger partial charge in [-0.15, -0.1) is 0 Å². The fourth-order valence-electron chi connectivity index (χ4n) is 0.693. The van der Waals surface area contributed by atoms with Crippen molar-refractivity contribution in [2.45, 2.75) is 32.7 Å². The van der Waals surface area contributed by atoms with Crippen molar-refractivity contribution >= 4 is 17.9 Å². The summed E-state index contributed by atoms with van der Waals surface area (Å²) in [6.07, 6.45) is 0.438. The molecule has 6 heteroatoms. The van der Waals surface area contributed by atoms with Gasteiger partial charge >= 0.3 is 0 Å². The molecule has 0 atom stereocenters. The van der Waals surface area contributed by atoms with Gasteiger partial charge in [0.1, 0.15) is 0 Å². The van der Waals surface area contributed by atoms with Crippen molar-refractivity contribution in [3.63, 3.8) is 0 Å². The summed E-state index contributed by atoms with van der Waals surface area (Å²) in [6.45, 7) is 5.44. The second-order valence-electron chi connectivity index (χ2n) is 3.18. The van der Waals surface area contributed by atoms with Crippen LogP contribution in [-0.2, 0) is 14.2 Å². The predicted octanol–water partition coefficient (Wildman–Crippen LogP) is 0.163. The van der Waals surface area contributed by atoms with Crippen molar-refractivity contribution in [2.75, 3.05) is 5.75 Å². The van der Waals surface area contributed by atoms with Crippen LogP contribution in [0.15, 0.2) is 0 Å². The van der Waals surface area contributed by atoms with Crippen LogP contribution < -0.4 is 10.6 Å². The number of hydrogen-bond acceptors (Lipinski definition) is 5. The fourth-order valence-corrected chi connectivity index (χ4v) is 1.15. The van der Waals surface area contributed by atoms with Crippen LogP contribution in [0.1, 0.15) is 27.2 Å². The molecule has 0 aliphatic rings. The lowest BCUT2D eigenvalue weighted by Crippen LogP contribution is -2.45. The van der Waals surface area contributed by atoms with Crippen molar-refractivity contribution in [3.8, 4) is 0 Å². The maximum absolute atomic E-state index is 11.0. The SMILES string of the molecule is CCC(=O)NC(C)(C)CSOO[O-]. The van der Waals surface area contributed by atoms with Gasteiger partial charge in [0.15, 0.2) is 0 Å². The molecule has 0 rings (SSSR count). The van der Waals surface area contributed by atoms with Gasteiger partial charge in [0, 0.05) is 29.8 Å². The molecule has 0 radical (unpaired) electrons.